The number of ether oxygens (including phenoxy) is 1. The zero-order chi connectivity index (χ0) is 15.9. The zero-order valence-electron chi connectivity index (χ0n) is 14.3. The van der Waals surface area contributed by atoms with Gasteiger partial charge in [-0.2, -0.15) is 0 Å². The van der Waals surface area contributed by atoms with Gasteiger partial charge in [0.15, 0.2) is 0 Å². The van der Waals surface area contributed by atoms with Gasteiger partial charge in [-0.3, -0.25) is 4.90 Å². The Morgan fingerprint density at radius 3 is 2.70 bits per heavy atom. The second kappa shape index (κ2) is 8.78. The minimum Gasteiger partial charge on any atom is -0.383 e. The quantitative estimate of drug-likeness (QED) is 0.789. The molecular formula is C19H31N3O. The highest BCUT2D eigenvalue weighted by Gasteiger charge is 2.29. The summed E-state index contributed by atoms with van der Waals surface area (Å²) in [6.45, 7) is 5.31. The predicted molar refractivity (Wildman–Crippen MR) is 94.7 cm³/mol. The van der Waals surface area contributed by atoms with E-state index in [1.165, 1.54) is 44.3 Å². The molecule has 0 aliphatic carbocycles. The van der Waals surface area contributed by atoms with E-state index in [2.05, 4.69) is 45.9 Å². The lowest BCUT2D eigenvalue weighted by Gasteiger charge is -2.42. The highest BCUT2D eigenvalue weighted by atomic mass is 16.5. The maximum absolute atomic E-state index is 5.12. The molecule has 2 atom stereocenters. The number of rotatable bonds is 6. The summed E-state index contributed by atoms with van der Waals surface area (Å²) < 4.78 is 5.12. The van der Waals surface area contributed by atoms with Crippen LogP contribution >= 0.6 is 0 Å². The molecule has 3 rings (SSSR count). The molecule has 1 aromatic carbocycles. The summed E-state index contributed by atoms with van der Waals surface area (Å²) in [5.41, 5.74) is 1.51. The minimum absolute atomic E-state index is 0.550. The number of benzene rings is 1. The normalized spacial score (nSPS) is 27.2. The standard InChI is InChI=1S/C19H31N3O/c1-23-14-11-20-18-8-12-22(13-9-18)19-15-17(7-10-21-19)16-5-3-2-4-6-16/h2-6,17-21H,7-15H2,1H3. The van der Waals surface area contributed by atoms with Crippen LogP contribution in [0.2, 0.25) is 0 Å². The molecule has 2 aliphatic heterocycles. The van der Waals surface area contributed by atoms with Crippen LogP contribution in [-0.4, -0.2) is 57.0 Å². The Morgan fingerprint density at radius 2 is 1.96 bits per heavy atom. The molecule has 2 saturated heterocycles. The van der Waals surface area contributed by atoms with E-state index in [1.54, 1.807) is 7.11 Å². The number of nitrogens with one attached hydrogen (secondary N) is 2. The summed E-state index contributed by atoms with van der Waals surface area (Å²) in [5.74, 6) is 0.708. The summed E-state index contributed by atoms with van der Waals surface area (Å²) in [7, 11) is 1.77. The van der Waals surface area contributed by atoms with Crippen molar-refractivity contribution in [3.05, 3.63) is 35.9 Å². The van der Waals surface area contributed by atoms with Crippen molar-refractivity contribution in [1.29, 1.82) is 0 Å². The van der Waals surface area contributed by atoms with Gasteiger partial charge in [-0.1, -0.05) is 30.3 Å². The van der Waals surface area contributed by atoms with E-state index in [0.717, 1.165) is 19.7 Å². The van der Waals surface area contributed by atoms with Crippen LogP contribution < -0.4 is 10.6 Å². The molecule has 4 nitrogen and oxygen atoms in total. The van der Waals surface area contributed by atoms with Crippen molar-refractivity contribution in [2.75, 3.05) is 39.9 Å². The van der Waals surface area contributed by atoms with Crippen molar-refractivity contribution in [3.8, 4) is 0 Å². The highest BCUT2D eigenvalue weighted by molar-refractivity contribution is 5.20. The average molecular weight is 317 g/mol. The number of methoxy groups -OCH3 is 1. The first-order chi connectivity index (χ1) is 11.4. The van der Waals surface area contributed by atoms with Crippen LogP contribution in [-0.2, 0) is 4.74 Å². The topological polar surface area (TPSA) is 36.5 Å². The molecular weight excluding hydrogens is 286 g/mol. The van der Waals surface area contributed by atoms with Gasteiger partial charge in [-0.25, -0.2) is 0 Å². The summed E-state index contributed by atoms with van der Waals surface area (Å²) in [5, 5.41) is 7.35. The highest BCUT2D eigenvalue weighted by Crippen LogP contribution is 2.29. The number of piperidine rings is 2. The first kappa shape index (κ1) is 16.9. The Bertz CT molecular complexity index is 445. The molecule has 2 aliphatic rings. The molecule has 0 radical (unpaired) electrons. The van der Waals surface area contributed by atoms with Crippen LogP contribution in [0.25, 0.3) is 0 Å². The lowest BCUT2D eigenvalue weighted by Crippen LogP contribution is -2.54. The molecule has 4 heteroatoms. The van der Waals surface area contributed by atoms with Crippen LogP contribution in [0.5, 0.6) is 0 Å². The fourth-order valence-electron chi connectivity index (χ4n) is 3.98. The molecule has 0 bridgehead atoms. The maximum atomic E-state index is 5.12. The molecule has 2 heterocycles. The number of hydrogen-bond acceptors (Lipinski definition) is 4. The fraction of sp³-hybridized carbons (Fsp3) is 0.684. The van der Waals surface area contributed by atoms with E-state index >= 15 is 0 Å². The van der Waals surface area contributed by atoms with E-state index in [4.69, 9.17) is 4.74 Å². The Labute approximate surface area is 140 Å². The SMILES string of the molecule is COCCNC1CCN(C2CC(c3ccccc3)CCN2)CC1. The number of nitrogens with zero attached hydrogens (tertiary/aromatic N) is 1. The van der Waals surface area contributed by atoms with Gasteiger partial charge in [-0.15, -0.1) is 0 Å². The van der Waals surface area contributed by atoms with Crippen LogP contribution in [0.4, 0.5) is 0 Å². The van der Waals surface area contributed by atoms with E-state index in [1.807, 2.05) is 0 Å². The zero-order valence-corrected chi connectivity index (χ0v) is 14.3. The van der Waals surface area contributed by atoms with Gasteiger partial charge < -0.3 is 15.4 Å². The summed E-state index contributed by atoms with van der Waals surface area (Å²) in [6, 6.07) is 11.7. The molecule has 128 valence electrons. The second-order valence-electron chi connectivity index (χ2n) is 6.86. The molecule has 0 aromatic heterocycles. The Hall–Kier alpha value is -0.940. The molecule has 0 amide bonds. The van der Waals surface area contributed by atoms with Crippen molar-refractivity contribution >= 4 is 0 Å². The molecule has 1 aromatic rings. The average Bonchev–Trinajstić information content (AvgIpc) is 2.63. The molecule has 2 fully saturated rings. The van der Waals surface area contributed by atoms with Gasteiger partial charge in [0.2, 0.25) is 0 Å². The van der Waals surface area contributed by atoms with Crippen molar-refractivity contribution in [3.63, 3.8) is 0 Å². The molecule has 23 heavy (non-hydrogen) atoms. The molecule has 0 saturated carbocycles. The maximum Gasteiger partial charge on any atom is 0.0602 e. The molecule has 0 spiro atoms. The van der Waals surface area contributed by atoms with Crippen LogP contribution in [0.1, 0.15) is 37.2 Å². The molecule has 2 unspecified atom stereocenters. The largest absolute Gasteiger partial charge is 0.383 e. The van der Waals surface area contributed by atoms with E-state index in [9.17, 15) is 0 Å². The van der Waals surface area contributed by atoms with Crippen LogP contribution in [0.3, 0.4) is 0 Å². The fourth-order valence-corrected chi connectivity index (χ4v) is 3.98. The third-order valence-electron chi connectivity index (χ3n) is 5.36. The van der Waals surface area contributed by atoms with Gasteiger partial charge in [0.1, 0.15) is 0 Å². The summed E-state index contributed by atoms with van der Waals surface area (Å²) in [6.07, 6.45) is 5.55. The van der Waals surface area contributed by atoms with E-state index < -0.39 is 0 Å². The third-order valence-corrected chi connectivity index (χ3v) is 5.36. The number of likely N-dealkylation sites (tertiary alicyclic amines) is 1. The second-order valence-corrected chi connectivity index (χ2v) is 6.86. The number of hydrogen-bond donors (Lipinski definition) is 2. The van der Waals surface area contributed by atoms with E-state index in [0.29, 0.717) is 18.1 Å². The van der Waals surface area contributed by atoms with Crippen molar-refractivity contribution in [2.45, 2.75) is 43.8 Å². The Balaban J connectivity index is 1.47. The van der Waals surface area contributed by atoms with Crippen molar-refractivity contribution < 1.29 is 4.74 Å². The van der Waals surface area contributed by atoms with Crippen LogP contribution in [0, 0.1) is 0 Å². The van der Waals surface area contributed by atoms with Gasteiger partial charge in [0, 0.05) is 32.8 Å². The smallest absolute Gasteiger partial charge is 0.0602 e. The minimum atomic E-state index is 0.550. The summed E-state index contributed by atoms with van der Waals surface area (Å²) >= 11 is 0. The third kappa shape index (κ3) is 4.77. The first-order valence-corrected chi connectivity index (χ1v) is 9.11. The van der Waals surface area contributed by atoms with Crippen LogP contribution in [0.15, 0.2) is 30.3 Å². The van der Waals surface area contributed by atoms with Crippen molar-refractivity contribution in [2.24, 2.45) is 0 Å². The van der Waals surface area contributed by atoms with Crippen molar-refractivity contribution in [1.82, 2.24) is 15.5 Å². The van der Waals surface area contributed by atoms with Gasteiger partial charge in [-0.05, 0) is 43.7 Å². The lowest BCUT2D eigenvalue weighted by molar-refractivity contribution is 0.0923. The Kier molecular flexibility index (Phi) is 6.46. The van der Waals surface area contributed by atoms with Gasteiger partial charge in [0.05, 0.1) is 12.8 Å². The summed E-state index contributed by atoms with van der Waals surface area (Å²) in [4.78, 5) is 2.66. The van der Waals surface area contributed by atoms with Gasteiger partial charge >= 0.3 is 0 Å². The molecule has 2 N–H and O–H groups in total. The predicted octanol–water partition coefficient (Wildman–Crippen LogP) is 2.18. The van der Waals surface area contributed by atoms with E-state index in [-0.39, 0.29) is 0 Å². The first-order valence-electron chi connectivity index (χ1n) is 9.11. The Morgan fingerprint density at radius 1 is 1.17 bits per heavy atom. The van der Waals surface area contributed by atoms with Gasteiger partial charge in [0.25, 0.3) is 0 Å². The lowest BCUT2D eigenvalue weighted by atomic mass is 9.88. The monoisotopic (exact) mass is 317 g/mol.